The number of anilines is 1. The molecule has 2 amide bonds. The van der Waals surface area contributed by atoms with E-state index < -0.39 is 71.9 Å². The topological polar surface area (TPSA) is 117 Å². The molecule has 9 nitrogen and oxygen atoms in total. The fourth-order valence-corrected chi connectivity index (χ4v) is 6.14. The molecule has 0 radical (unpaired) electrons. The number of thiazole rings is 1. The highest BCUT2D eigenvalue weighted by Crippen LogP contribution is 2.43. The Morgan fingerprint density at radius 2 is 1.98 bits per heavy atom. The summed E-state index contributed by atoms with van der Waals surface area (Å²) >= 11 is 0.517. The Labute approximate surface area is 230 Å². The van der Waals surface area contributed by atoms with Crippen LogP contribution in [-0.4, -0.2) is 81.2 Å². The third-order valence-corrected chi connectivity index (χ3v) is 8.61. The number of halogens is 5. The molecule has 2 aliphatic heterocycles. The van der Waals surface area contributed by atoms with Crippen molar-refractivity contribution >= 4 is 29.0 Å². The molecule has 3 fully saturated rings. The fourth-order valence-electron chi connectivity index (χ4n) is 5.16. The van der Waals surface area contributed by atoms with Gasteiger partial charge >= 0.3 is 6.18 Å². The van der Waals surface area contributed by atoms with Gasteiger partial charge in [0.25, 0.3) is 17.7 Å². The van der Waals surface area contributed by atoms with Crippen molar-refractivity contribution < 1.29 is 41.4 Å². The summed E-state index contributed by atoms with van der Waals surface area (Å²) in [6, 6.07) is -0.858. The summed E-state index contributed by atoms with van der Waals surface area (Å²) in [6.07, 6.45) is -3.07. The molecule has 2 aromatic rings. The summed E-state index contributed by atoms with van der Waals surface area (Å²) in [5.74, 6) is -5.04. The molecule has 4 heterocycles. The Bertz CT molecular complexity index is 1310. The normalized spacial score (nSPS) is 25.5. The minimum Gasteiger partial charge on any atom is -0.388 e. The monoisotopic (exact) mass is 589 g/mol. The van der Waals surface area contributed by atoms with E-state index in [1.807, 2.05) is 6.92 Å². The standard InChI is InChI=1S/C25H28F5N5O4S/c1-12-7-24(26,27)11-35(12)22(38)18-19(40-21(33-18)20(37)32-15-9-39-10-16(15)36)13-8-31-17(6-14(13)25(28,29)30)34-23(2)4-3-5-23/h6,8,12,15-16,36H,3-5,7,9-11H2,1-2H3,(H,31,34)(H,32,37). The summed E-state index contributed by atoms with van der Waals surface area (Å²) in [7, 11) is 0. The number of hydrogen-bond acceptors (Lipinski definition) is 8. The maximum Gasteiger partial charge on any atom is 0.417 e. The SMILES string of the molecule is CC1CC(F)(F)CN1C(=O)c1nc(C(=O)NC2COCC2O)sc1-c1cnc(NC2(C)CCC2)cc1C(F)(F)F. The largest absolute Gasteiger partial charge is 0.417 e. The molecular formula is C25H28F5N5O4S. The van der Waals surface area contributed by atoms with Gasteiger partial charge in [0.1, 0.15) is 11.5 Å². The van der Waals surface area contributed by atoms with E-state index in [4.69, 9.17) is 4.74 Å². The predicted octanol–water partition coefficient (Wildman–Crippen LogP) is 3.94. The molecule has 3 unspecified atom stereocenters. The quantitative estimate of drug-likeness (QED) is 0.437. The van der Waals surface area contributed by atoms with Crippen LogP contribution in [0.1, 0.15) is 65.4 Å². The lowest BCUT2D eigenvalue weighted by Gasteiger charge is -2.39. The minimum absolute atomic E-state index is 0.00309. The van der Waals surface area contributed by atoms with Crippen molar-refractivity contribution in [1.29, 1.82) is 0 Å². The van der Waals surface area contributed by atoms with Crippen LogP contribution in [0.15, 0.2) is 12.3 Å². The van der Waals surface area contributed by atoms with Crippen molar-refractivity contribution in [2.45, 2.75) is 75.4 Å². The number of amides is 2. The number of hydrogen-bond donors (Lipinski definition) is 3. The van der Waals surface area contributed by atoms with E-state index in [1.54, 1.807) is 0 Å². The Balaban J connectivity index is 1.57. The lowest BCUT2D eigenvalue weighted by Crippen LogP contribution is -2.42. The van der Waals surface area contributed by atoms with Crippen LogP contribution in [0, 0.1) is 0 Å². The van der Waals surface area contributed by atoms with Gasteiger partial charge in [-0.3, -0.25) is 9.59 Å². The molecule has 1 aliphatic carbocycles. The first-order chi connectivity index (χ1) is 18.7. The van der Waals surface area contributed by atoms with Crippen molar-refractivity contribution in [3.63, 3.8) is 0 Å². The van der Waals surface area contributed by atoms with Gasteiger partial charge in [-0.1, -0.05) is 0 Å². The Morgan fingerprint density at radius 3 is 2.52 bits per heavy atom. The Morgan fingerprint density at radius 1 is 1.25 bits per heavy atom. The van der Waals surface area contributed by atoms with Gasteiger partial charge in [-0.05, 0) is 39.2 Å². The molecule has 3 atom stereocenters. The molecular weight excluding hydrogens is 561 g/mol. The van der Waals surface area contributed by atoms with Crippen molar-refractivity contribution in [2.24, 2.45) is 0 Å². The first kappa shape index (κ1) is 28.6. The molecule has 0 spiro atoms. The van der Waals surface area contributed by atoms with Gasteiger partial charge in [0.2, 0.25) is 0 Å². The molecule has 3 N–H and O–H groups in total. The van der Waals surface area contributed by atoms with Crippen LogP contribution >= 0.6 is 11.3 Å². The summed E-state index contributed by atoms with van der Waals surface area (Å²) in [5, 5.41) is 15.1. The van der Waals surface area contributed by atoms with Crippen LogP contribution in [-0.2, 0) is 10.9 Å². The van der Waals surface area contributed by atoms with Gasteiger partial charge in [0, 0.05) is 29.8 Å². The first-order valence-electron chi connectivity index (χ1n) is 12.8. The van der Waals surface area contributed by atoms with Crippen molar-refractivity contribution in [3.05, 3.63) is 28.5 Å². The zero-order valence-electron chi connectivity index (χ0n) is 21.6. The van der Waals surface area contributed by atoms with E-state index in [0.717, 1.165) is 36.4 Å². The Hall–Kier alpha value is -2.91. The van der Waals surface area contributed by atoms with Crippen molar-refractivity contribution in [1.82, 2.24) is 20.2 Å². The average molecular weight is 590 g/mol. The van der Waals surface area contributed by atoms with E-state index in [0.29, 0.717) is 11.3 Å². The van der Waals surface area contributed by atoms with E-state index in [1.165, 1.54) is 6.92 Å². The number of aliphatic hydroxyl groups is 1. The fraction of sp³-hybridized carbons (Fsp3) is 0.600. The van der Waals surface area contributed by atoms with Crippen LogP contribution in [0.5, 0.6) is 0 Å². The maximum absolute atomic E-state index is 14.3. The summed E-state index contributed by atoms with van der Waals surface area (Å²) in [4.78, 5) is 35.2. The number of likely N-dealkylation sites (tertiary alicyclic amines) is 1. The number of pyridine rings is 1. The highest BCUT2D eigenvalue weighted by atomic mass is 32.1. The van der Waals surface area contributed by atoms with Crippen LogP contribution in [0.2, 0.25) is 0 Å². The second-order valence-corrected chi connectivity index (χ2v) is 11.9. The highest BCUT2D eigenvalue weighted by Gasteiger charge is 2.47. The van der Waals surface area contributed by atoms with Crippen molar-refractivity contribution in [2.75, 3.05) is 25.1 Å². The molecule has 15 heteroatoms. The highest BCUT2D eigenvalue weighted by molar-refractivity contribution is 7.17. The number of carbonyl (C=O) groups is 2. The number of ether oxygens (including phenoxy) is 1. The molecule has 1 saturated carbocycles. The second kappa shape index (κ2) is 10.2. The zero-order valence-corrected chi connectivity index (χ0v) is 22.5. The maximum atomic E-state index is 14.3. The summed E-state index contributed by atoms with van der Waals surface area (Å²) in [6.45, 7) is 2.35. The molecule has 5 rings (SSSR count). The van der Waals surface area contributed by atoms with Crippen LogP contribution in [0.25, 0.3) is 10.4 Å². The smallest absolute Gasteiger partial charge is 0.388 e. The number of nitrogens with zero attached hydrogens (tertiary/aromatic N) is 3. The lowest BCUT2D eigenvalue weighted by molar-refractivity contribution is -0.137. The van der Waals surface area contributed by atoms with E-state index in [9.17, 15) is 36.6 Å². The summed E-state index contributed by atoms with van der Waals surface area (Å²) < 4.78 is 76.3. The average Bonchev–Trinajstić information content (AvgIpc) is 3.53. The molecule has 2 aromatic heterocycles. The van der Waals surface area contributed by atoms with E-state index in [2.05, 4.69) is 20.6 Å². The summed E-state index contributed by atoms with van der Waals surface area (Å²) in [5.41, 5.74) is -2.56. The third-order valence-electron chi connectivity index (χ3n) is 7.52. The van der Waals surface area contributed by atoms with E-state index in [-0.39, 0.29) is 34.5 Å². The number of rotatable bonds is 6. The van der Waals surface area contributed by atoms with E-state index >= 15 is 0 Å². The van der Waals surface area contributed by atoms with Gasteiger partial charge in [-0.15, -0.1) is 11.3 Å². The van der Waals surface area contributed by atoms with Gasteiger partial charge in [0.05, 0.1) is 42.3 Å². The molecule has 0 bridgehead atoms. The zero-order chi connectivity index (χ0) is 29.0. The molecule has 2 saturated heterocycles. The predicted molar refractivity (Wildman–Crippen MR) is 134 cm³/mol. The number of nitrogens with one attached hydrogen (secondary N) is 2. The van der Waals surface area contributed by atoms with Crippen LogP contribution in [0.4, 0.5) is 27.8 Å². The van der Waals surface area contributed by atoms with Gasteiger partial charge in [-0.25, -0.2) is 18.7 Å². The number of alkyl halides is 5. The minimum atomic E-state index is -4.87. The molecule has 3 aliphatic rings. The van der Waals surface area contributed by atoms with Gasteiger partial charge in [0.15, 0.2) is 5.01 Å². The number of aromatic nitrogens is 2. The number of aliphatic hydroxyl groups excluding tert-OH is 1. The lowest BCUT2D eigenvalue weighted by atomic mass is 9.78. The molecule has 218 valence electrons. The Kier molecular flexibility index (Phi) is 7.28. The first-order valence-corrected chi connectivity index (χ1v) is 13.6. The van der Waals surface area contributed by atoms with Crippen LogP contribution < -0.4 is 10.6 Å². The van der Waals surface area contributed by atoms with Gasteiger partial charge in [-0.2, -0.15) is 13.2 Å². The third kappa shape index (κ3) is 5.63. The van der Waals surface area contributed by atoms with Gasteiger partial charge < -0.3 is 25.4 Å². The van der Waals surface area contributed by atoms with Crippen LogP contribution in [0.3, 0.4) is 0 Å². The van der Waals surface area contributed by atoms with Crippen molar-refractivity contribution in [3.8, 4) is 10.4 Å². The number of carbonyl (C=O) groups excluding carboxylic acids is 2. The second-order valence-electron chi connectivity index (χ2n) is 10.9. The molecule has 40 heavy (non-hydrogen) atoms. The molecule has 0 aromatic carbocycles.